The number of hydrogen-bond acceptors (Lipinski definition) is 4. The van der Waals surface area contributed by atoms with Crippen LogP contribution < -0.4 is 20.7 Å². The van der Waals surface area contributed by atoms with E-state index in [1.165, 1.54) is 7.11 Å². The Hall–Kier alpha value is -1.50. The highest BCUT2D eigenvalue weighted by Gasteiger charge is 2.21. The summed E-state index contributed by atoms with van der Waals surface area (Å²) in [5.74, 6) is 0.280. The number of rotatable bonds is 6. The summed E-state index contributed by atoms with van der Waals surface area (Å²) < 4.78 is 5.16. The summed E-state index contributed by atoms with van der Waals surface area (Å²) in [5, 5.41) is 9.11. The summed E-state index contributed by atoms with van der Waals surface area (Å²) in [6.07, 6.45) is 2.04. The van der Waals surface area contributed by atoms with Gasteiger partial charge in [0.25, 0.3) is 0 Å². The third-order valence-corrected chi connectivity index (χ3v) is 3.70. The van der Waals surface area contributed by atoms with Crippen LogP contribution in [0.25, 0.3) is 0 Å². The van der Waals surface area contributed by atoms with Crippen molar-refractivity contribution in [2.45, 2.75) is 25.3 Å². The predicted molar refractivity (Wildman–Crippen MR) is 92.5 cm³/mol. The molecule has 8 heteroatoms. The Morgan fingerprint density at radius 1 is 1.43 bits per heavy atom. The van der Waals surface area contributed by atoms with E-state index >= 15 is 0 Å². The number of ether oxygens (including phenoxy) is 1. The third kappa shape index (κ3) is 5.89. The number of carbonyl (C=O) groups is 2. The standard InChI is InChI=1S/C15H20ClN3O3.ClH/c1-22-13-5-4-10(16)9-12(13)19-14(20)6-8-18-15(21)11-3-2-7-17-11;/h4-5,9,11,17H,2-3,6-8H2,1H3,(H,18,21)(H,19,20);1H. The monoisotopic (exact) mass is 361 g/mol. The van der Waals surface area contributed by atoms with E-state index in [0.717, 1.165) is 19.4 Å². The summed E-state index contributed by atoms with van der Waals surface area (Å²) in [4.78, 5) is 23.7. The fourth-order valence-electron chi connectivity index (χ4n) is 2.32. The first-order chi connectivity index (χ1) is 10.6. The lowest BCUT2D eigenvalue weighted by atomic mass is 10.2. The van der Waals surface area contributed by atoms with Crippen molar-refractivity contribution in [3.63, 3.8) is 0 Å². The maximum Gasteiger partial charge on any atom is 0.237 e. The molecule has 1 aliphatic rings. The van der Waals surface area contributed by atoms with Gasteiger partial charge in [-0.2, -0.15) is 0 Å². The smallest absolute Gasteiger partial charge is 0.237 e. The van der Waals surface area contributed by atoms with E-state index in [4.69, 9.17) is 16.3 Å². The molecule has 6 nitrogen and oxygen atoms in total. The summed E-state index contributed by atoms with van der Waals surface area (Å²) in [6, 6.07) is 4.87. The molecule has 2 amide bonds. The fourth-order valence-corrected chi connectivity index (χ4v) is 2.49. The Bertz CT molecular complexity index is 549. The minimum atomic E-state index is -0.208. The molecular formula is C15H21Cl2N3O3. The predicted octanol–water partition coefficient (Wildman–Crippen LogP) is 1.97. The van der Waals surface area contributed by atoms with Crippen LogP contribution in [0.4, 0.5) is 5.69 Å². The SMILES string of the molecule is COc1ccc(Cl)cc1NC(=O)CCNC(=O)C1CCCN1.Cl. The van der Waals surface area contributed by atoms with Crippen LogP contribution in [0.1, 0.15) is 19.3 Å². The number of halogens is 2. The van der Waals surface area contributed by atoms with Crippen molar-refractivity contribution in [3.05, 3.63) is 23.2 Å². The molecule has 0 radical (unpaired) electrons. The van der Waals surface area contributed by atoms with Gasteiger partial charge < -0.3 is 20.7 Å². The molecule has 128 valence electrons. The van der Waals surface area contributed by atoms with Crippen molar-refractivity contribution in [1.29, 1.82) is 0 Å². The lowest BCUT2D eigenvalue weighted by molar-refractivity contribution is -0.122. The molecule has 1 aromatic rings. The van der Waals surface area contributed by atoms with Gasteiger partial charge in [0, 0.05) is 18.0 Å². The Labute approximate surface area is 146 Å². The van der Waals surface area contributed by atoms with Crippen LogP contribution in [0.5, 0.6) is 5.75 Å². The highest BCUT2D eigenvalue weighted by molar-refractivity contribution is 6.31. The molecule has 0 bridgehead atoms. The van der Waals surface area contributed by atoms with Gasteiger partial charge in [-0.15, -0.1) is 12.4 Å². The number of hydrogen-bond donors (Lipinski definition) is 3. The zero-order valence-electron chi connectivity index (χ0n) is 12.9. The molecule has 1 aliphatic heterocycles. The van der Waals surface area contributed by atoms with Gasteiger partial charge in [-0.3, -0.25) is 9.59 Å². The highest BCUT2D eigenvalue weighted by Crippen LogP contribution is 2.27. The topological polar surface area (TPSA) is 79.5 Å². The van der Waals surface area contributed by atoms with Gasteiger partial charge in [-0.05, 0) is 37.6 Å². The molecule has 0 saturated carbocycles. The maximum atomic E-state index is 11.9. The largest absolute Gasteiger partial charge is 0.495 e. The Morgan fingerprint density at radius 3 is 2.87 bits per heavy atom. The average Bonchev–Trinajstić information content (AvgIpc) is 3.01. The first-order valence-electron chi connectivity index (χ1n) is 7.24. The third-order valence-electron chi connectivity index (χ3n) is 3.46. The van der Waals surface area contributed by atoms with Crippen LogP contribution in [0.3, 0.4) is 0 Å². The maximum absolute atomic E-state index is 11.9. The lowest BCUT2D eigenvalue weighted by Gasteiger charge is -2.12. The van der Waals surface area contributed by atoms with Gasteiger partial charge in [0.05, 0.1) is 18.8 Å². The normalized spacial score (nSPS) is 16.3. The molecule has 1 heterocycles. The Kier molecular flexibility index (Phi) is 8.16. The van der Waals surface area contributed by atoms with E-state index in [2.05, 4.69) is 16.0 Å². The van der Waals surface area contributed by atoms with Crippen LogP contribution >= 0.6 is 24.0 Å². The van der Waals surface area contributed by atoms with Gasteiger partial charge in [-0.1, -0.05) is 11.6 Å². The summed E-state index contributed by atoms with van der Waals surface area (Å²) in [5.41, 5.74) is 0.517. The van der Waals surface area contributed by atoms with Crippen molar-refractivity contribution in [1.82, 2.24) is 10.6 Å². The molecule has 3 N–H and O–H groups in total. The molecule has 1 atom stereocenters. The fraction of sp³-hybridized carbons (Fsp3) is 0.467. The van der Waals surface area contributed by atoms with Crippen molar-refractivity contribution in [2.75, 3.05) is 25.5 Å². The number of anilines is 1. The van der Waals surface area contributed by atoms with Crippen LogP contribution in [0.15, 0.2) is 18.2 Å². The molecule has 0 aliphatic carbocycles. The van der Waals surface area contributed by atoms with Crippen LogP contribution in [-0.2, 0) is 9.59 Å². The van der Waals surface area contributed by atoms with Crippen LogP contribution in [-0.4, -0.2) is 38.1 Å². The van der Waals surface area contributed by atoms with E-state index in [1.54, 1.807) is 18.2 Å². The molecule has 1 unspecified atom stereocenters. The number of amides is 2. The second kappa shape index (κ2) is 9.60. The zero-order valence-corrected chi connectivity index (χ0v) is 14.4. The van der Waals surface area contributed by atoms with Gasteiger partial charge in [0.15, 0.2) is 0 Å². The summed E-state index contributed by atoms with van der Waals surface area (Å²) in [7, 11) is 1.52. The zero-order chi connectivity index (χ0) is 15.9. The molecule has 2 rings (SSSR count). The summed E-state index contributed by atoms with van der Waals surface area (Å²) in [6.45, 7) is 1.17. The van der Waals surface area contributed by atoms with Crippen molar-refractivity contribution >= 4 is 41.5 Å². The highest BCUT2D eigenvalue weighted by atomic mass is 35.5. The second-order valence-corrected chi connectivity index (χ2v) is 5.52. The molecular weight excluding hydrogens is 341 g/mol. The number of nitrogens with one attached hydrogen (secondary N) is 3. The van der Waals surface area contributed by atoms with Gasteiger partial charge in [-0.25, -0.2) is 0 Å². The lowest BCUT2D eigenvalue weighted by Crippen LogP contribution is -2.41. The minimum absolute atomic E-state index is 0. The van der Waals surface area contributed by atoms with Crippen molar-refractivity contribution in [2.24, 2.45) is 0 Å². The minimum Gasteiger partial charge on any atom is -0.495 e. The second-order valence-electron chi connectivity index (χ2n) is 5.08. The van der Waals surface area contributed by atoms with Gasteiger partial charge in [0.2, 0.25) is 11.8 Å². The van der Waals surface area contributed by atoms with E-state index in [1.807, 2.05) is 0 Å². The Balaban J connectivity index is 0.00000264. The van der Waals surface area contributed by atoms with E-state index in [9.17, 15) is 9.59 Å². The van der Waals surface area contributed by atoms with Crippen LogP contribution in [0.2, 0.25) is 5.02 Å². The van der Waals surface area contributed by atoms with E-state index < -0.39 is 0 Å². The molecule has 1 saturated heterocycles. The molecule has 1 fully saturated rings. The molecule has 0 aromatic heterocycles. The number of benzene rings is 1. The number of carbonyl (C=O) groups excluding carboxylic acids is 2. The Morgan fingerprint density at radius 2 is 2.22 bits per heavy atom. The quantitative estimate of drug-likeness (QED) is 0.723. The first kappa shape index (κ1) is 19.5. The molecule has 23 heavy (non-hydrogen) atoms. The molecule has 0 spiro atoms. The van der Waals surface area contributed by atoms with Crippen LogP contribution in [0, 0.1) is 0 Å². The van der Waals surface area contributed by atoms with E-state index in [-0.39, 0.29) is 36.7 Å². The molecule has 1 aromatic carbocycles. The average molecular weight is 362 g/mol. The number of methoxy groups -OCH3 is 1. The van der Waals surface area contributed by atoms with Crippen molar-refractivity contribution in [3.8, 4) is 5.75 Å². The van der Waals surface area contributed by atoms with Gasteiger partial charge in [0.1, 0.15) is 5.75 Å². The summed E-state index contributed by atoms with van der Waals surface area (Å²) >= 11 is 5.91. The first-order valence-corrected chi connectivity index (χ1v) is 7.62. The van der Waals surface area contributed by atoms with Crippen molar-refractivity contribution < 1.29 is 14.3 Å². The van der Waals surface area contributed by atoms with Gasteiger partial charge >= 0.3 is 0 Å². The van der Waals surface area contributed by atoms with E-state index in [0.29, 0.717) is 23.0 Å².